The Morgan fingerprint density at radius 2 is 2.04 bits per heavy atom. The molecule has 0 radical (unpaired) electrons. The molecule has 0 fully saturated rings. The van der Waals surface area contributed by atoms with Gasteiger partial charge in [0.15, 0.2) is 5.78 Å². The highest BCUT2D eigenvalue weighted by atomic mass is 32.2. The molecule has 2 N–H and O–H groups in total. The van der Waals surface area contributed by atoms with E-state index in [4.69, 9.17) is 5.26 Å². The monoisotopic (exact) mass is 367 g/mol. The fourth-order valence-corrected chi connectivity index (χ4v) is 3.97. The number of sulfonamides is 1. The highest BCUT2D eigenvalue weighted by molar-refractivity contribution is 7.92. The summed E-state index contributed by atoms with van der Waals surface area (Å²) in [6, 6.07) is 11.1. The van der Waals surface area contributed by atoms with Crippen molar-refractivity contribution in [3.05, 3.63) is 59.3 Å². The van der Waals surface area contributed by atoms with Crippen LogP contribution in [0.4, 0.5) is 5.69 Å². The molecule has 0 atom stereocenters. The van der Waals surface area contributed by atoms with Gasteiger partial charge in [0.05, 0.1) is 27.7 Å². The summed E-state index contributed by atoms with van der Waals surface area (Å²) in [6.45, 7) is 3.66. The van der Waals surface area contributed by atoms with Crippen molar-refractivity contribution in [2.75, 3.05) is 4.72 Å². The van der Waals surface area contributed by atoms with E-state index in [1.165, 1.54) is 24.3 Å². The van der Waals surface area contributed by atoms with Gasteiger partial charge in [-0.05, 0) is 36.8 Å². The Labute approximate surface area is 151 Å². The molecule has 0 bridgehead atoms. The molecule has 0 spiro atoms. The normalized spacial score (nSPS) is 11.3. The molecule has 0 aliphatic carbocycles. The number of ketones is 1. The van der Waals surface area contributed by atoms with Gasteiger partial charge >= 0.3 is 0 Å². The summed E-state index contributed by atoms with van der Waals surface area (Å²) in [5.41, 5.74) is 2.60. The van der Waals surface area contributed by atoms with E-state index < -0.39 is 10.0 Å². The number of rotatable bonds is 5. The van der Waals surface area contributed by atoms with Crippen LogP contribution in [0.5, 0.6) is 0 Å². The number of aromatic nitrogens is 1. The summed E-state index contributed by atoms with van der Waals surface area (Å²) in [7, 11) is -3.87. The van der Waals surface area contributed by atoms with Crippen LogP contribution in [0.2, 0.25) is 0 Å². The SMILES string of the molecule is CCC(=O)c1c[nH]c2c(NS(=O)(=O)c3cccc(C#N)c3)ccc(C)c12. The maximum absolute atomic E-state index is 12.7. The number of carbonyl (C=O) groups excluding carboxylic acids is 1. The average molecular weight is 367 g/mol. The van der Waals surface area contributed by atoms with E-state index in [1.807, 2.05) is 13.0 Å². The van der Waals surface area contributed by atoms with E-state index >= 15 is 0 Å². The van der Waals surface area contributed by atoms with Gasteiger partial charge in [-0.1, -0.05) is 19.1 Å². The number of anilines is 1. The number of aryl methyl sites for hydroxylation is 1. The number of fused-ring (bicyclic) bond motifs is 1. The number of nitrogens with one attached hydrogen (secondary N) is 2. The van der Waals surface area contributed by atoms with Crippen LogP contribution in [0.15, 0.2) is 47.5 Å². The quantitative estimate of drug-likeness (QED) is 0.670. The van der Waals surface area contributed by atoms with E-state index in [0.29, 0.717) is 28.6 Å². The first-order valence-electron chi connectivity index (χ1n) is 8.04. The van der Waals surface area contributed by atoms with Crippen LogP contribution in [0, 0.1) is 18.3 Å². The summed E-state index contributed by atoms with van der Waals surface area (Å²) < 4.78 is 27.9. The number of hydrogen-bond acceptors (Lipinski definition) is 4. The fraction of sp³-hybridized carbons (Fsp3) is 0.158. The van der Waals surface area contributed by atoms with E-state index in [0.717, 1.165) is 5.56 Å². The number of benzene rings is 2. The zero-order valence-electron chi connectivity index (χ0n) is 14.3. The van der Waals surface area contributed by atoms with Crippen LogP contribution >= 0.6 is 0 Å². The van der Waals surface area contributed by atoms with E-state index in [1.54, 1.807) is 25.3 Å². The lowest BCUT2D eigenvalue weighted by atomic mass is 10.0. The van der Waals surface area contributed by atoms with Crippen LogP contribution in [0.25, 0.3) is 10.9 Å². The van der Waals surface area contributed by atoms with Crippen molar-refractivity contribution >= 4 is 32.4 Å². The van der Waals surface area contributed by atoms with Gasteiger partial charge < -0.3 is 4.98 Å². The second kappa shape index (κ2) is 6.65. The summed E-state index contributed by atoms with van der Waals surface area (Å²) in [5, 5.41) is 9.68. The number of carbonyl (C=O) groups is 1. The largest absolute Gasteiger partial charge is 0.359 e. The van der Waals surface area contributed by atoms with Crippen LogP contribution in [-0.4, -0.2) is 19.2 Å². The van der Waals surface area contributed by atoms with Crippen molar-refractivity contribution in [2.24, 2.45) is 0 Å². The topological polar surface area (TPSA) is 103 Å². The molecule has 0 saturated heterocycles. The second-order valence-electron chi connectivity index (χ2n) is 5.90. The third kappa shape index (κ3) is 3.07. The minimum absolute atomic E-state index is 0.00156. The minimum atomic E-state index is -3.87. The Kier molecular flexibility index (Phi) is 4.53. The molecule has 26 heavy (non-hydrogen) atoms. The Bertz CT molecular complexity index is 1150. The summed E-state index contributed by atoms with van der Waals surface area (Å²) in [6.07, 6.45) is 1.97. The predicted molar refractivity (Wildman–Crippen MR) is 99.6 cm³/mol. The molecule has 1 aromatic heterocycles. The molecule has 3 aromatic rings. The van der Waals surface area contributed by atoms with Gasteiger partial charge in [-0.3, -0.25) is 9.52 Å². The zero-order valence-corrected chi connectivity index (χ0v) is 15.1. The summed E-state index contributed by atoms with van der Waals surface area (Å²) in [4.78, 5) is 15.2. The summed E-state index contributed by atoms with van der Waals surface area (Å²) >= 11 is 0. The molecular weight excluding hydrogens is 350 g/mol. The number of H-pyrrole nitrogens is 1. The molecule has 0 amide bonds. The van der Waals surface area contributed by atoms with Crippen molar-refractivity contribution in [3.8, 4) is 6.07 Å². The second-order valence-corrected chi connectivity index (χ2v) is 7.59. The van der Waals surface area contributed by atoms with Crippen LogP contribution < -0.4 is 4.72 Å². The first-order valence-corrected chi connectivity index (χ1v) is 9.52. The minimum Gasteiger partial charge on any atom is -0.359 e. The molecule has 3 rings (SSSR count). The van der Waals surface area contributed by atoms with Gasteiger partial charge in [-0.2, -0.15) is 5.26 Å². The number of Topliss-reactive ketones (excluding diaryl/α,β-unsaturated/α-hetero) is 1. The molecule has 0 aliphatic heterocycles. The molecule has 0 aliphatic rings. The zero-order chi connectivity index (χ0) is 18.9. The predicted octanol–water partition coefficient (Wildman–Crippen LogP) is 3.74. The molecule has 6 nitrogen and oxygen atoms in total. The lowest BCUT2D eigenvalue weighted by Crippen LogP contribution is -2.13. The van der Waals surface area contributed by atoms with Gasteiger partial charge in [0, 0.05) is 23.6 Å². The Balaban J connectivity index is 2.09. The maximum atomic E-state index is 12.7. The third-order valence-corrected chi connectivity index (χ3v) is 5.55. The molecule has 7 heteroatoms. The maximum Gasteiger partial charge on any atom is 0.262 e. The molecule has 132 valence electrons. The average Bonchev–Trinajstić information content (AvgIpc) is 3.09. The number of aromatic amines is 1. The smallest absolute Gasteiger partial charge is 0.262 e. The molecular formula is C19H17N3O3S. The highest BCUT2D eigenvalue weighted by Crippen LogP contribution is 2.31. The molecule has 0 saturated carbocycles. The molecule has 1 heterocycles. The van der Waals surface area contributed by atoms with E-state index in [2.05, 4.69) is 9.71 Å². The van der Waals surface area contributed by atoms with Crippen molar-refractivity contribution in [2.45, 2.75) is 25.2 Å². The lowest BCUT2D eigenvalue weighted by molar-refractivity contribution is 0.0989. The highest BCUT2D eigenvalue weighted by Gasteiger charge is 2.19. The van der Waals surface area contributed by atoms with Gasteiger partial charge in [0.1, 0.15) is 0 Å². The van der Waals surface area contributed by atoms with Gasteiger partial charge in [-0.25, -0.2) is 8.42 Å². The Hall–Kier alpha value is -3.11. The number of nitriles is 1. The van der Waals surface area contributed by atoms with Crippen LogP contribution in [0.3, 0.4) is 0 Å². The van der Waals surface area contributed by atoms with Crippen molar-refractivity contribution in [1.29, 1.82) is 5.26 Å². The Morgan fingerprint density at radius 3 is 2.73 bits per heavy atom. The summed E-state index contributed by atoms with van der Waals surface area (Å²) in [5.74, 6) is -0.0129. The van der Waals surface area contributed by atoms with Crippen molar-refractivity contribution < 1.29 is 13.2 Å². The van der Waals surface area contributed by atoms with Crippen LogP contribution in [0.1, 0.15) is 34.8 Å². The van der Waals surface area contributed by atoms with Crippen molar-refractivity contribution in [1.82, 2.24) is 4.98 Å². The first kappa shape index (κ1) is 17.7. The molecule has 0 unspecified atom stereocenters. The van der Waals surface area contributed by atoms with Gasteiger partial charge in [0.25, 0.3) is 10.0 Å². The molecule has 2 aromatic carbocycles. The lowest BCUT2D eigenvalue weighted by Gasteiger charge is -2.11. The van der Waals surface area contributed by atoms with E-state index in [9.17, 15) is 13.2 Å². The van der Waals surface area contributed by atoms with Crippen molar-refractivity contribution in [3.63, 3.8) is 0 Å². The Morgan fingerprint density at radius 1 is 1.27 bits per heavy atom. The number of hydrogen-bond donors (Lipinski definition) is 2. The standard InChI is InChI=1S/C19H17N3O3S/c1-3-17(23)15-11-21-19-16(8-7-12(2)18(15)19)22-26(24,25)14-6-4-5-13(9-14)10-20/h4-9,11,21-22H,3H2,1-2H3. The number of nitrogens with zero attached hydrogens (tertiary/aromatic N) is 1. The van der Waals surface area contributed by atoms with E-state index in [-0.39, 0.29) is 16.2 Å². The van der Waals surface area contributed by atoms with Crippen LogP contribution in [-0.2, 0) is 10.0 Å². The first-order chi connectivity index (χ1) is 12.4. The third-order valence-electron chi connectivity index (χ3n) is 4.18. The van der Waals surface area contributed by atoms with Gasteiger partial charge in [0.2, 0.25) is 0 Å². The fourth-order valence-electron chi connectivity index (χ4n) is 2.85. The van der Waals surface area contributed by atoms with Gasteiger partial charge in [-0.15, -0.1) is 0 Å².